The van der Waals surface area contributed by atoms with Crippen molar-refractivity contribution in [3.8, 4) is 11.8 Å². The SMILES string of the molecule is C=CCOC(=O)/C(C#N)=c1\s/c(=C/Nc2cccc(OCC(=O)N3CCOCC3)c2)c(=O)n1CC. The van der Waals surface area contributed by atoms with Gasteiger partial charge in [0.05, 0.1) is 13.2 Å². The van der Waals surface area contributed by atoms with E-state index in [0.29, 0.717) is 42.3 Å². The first-order chi connectivity index (χ1) is 17.0. The van der Waals surface area contributed by atoms with Gasteiger partial charge in [0, 0.05) is 37.6 Å². The molecule has 1 aliphatic rings. The van der Waals surface area contributed by atoms with Crippen LogP contribution in [0.4, 0.5) is 5.69 Å². The van der Waals surface area contributed by atoms with E-state index in [0.717, 1.165) is 11.3 Å². The summed E-state index contributed by atoms with van der Waals surface area (Å²) in [4.78, 5) is 39.0. The maximum Gasteiger partial charge on any atom is 0.352 e. The largest absolute Gasteiger partial charge is 0.484 e. The highest BCUT2D eigenvalue weighted by Gasteiger charge is 2.18. The van der Waals surface area contributed by atoms with Gasteiger partial charge in [0.2, 0.25) is 0 Å². The molecule has 1 aromatic heterocycles. The molecule has 1 saturated heterocycles. The number of hydrogen-bond donors (Lipinski definition) is 1. The highest BCUT2D eigenvalue weighted by molar-refractivity contribution is 7.07. The summed E-state index contributed by atoms with van der Waals surface area (Å²) in [6.45, 7) is 7.52. The number of hydrogen-bond acceptors (Lipinski definition) is 9. The number of carbonyl (C=O) groups excluding carboxylic acids is 2. The number of morpholine rings is 1. The summed E-state index contributed by atoms with van der Waals surface area (Å²) in [5.41, 5.74) is 0.0529. The second-order valence-corrected chi connectivity index (χ2v) is 8.32. The molecule has 1 amide bonds. The molecule has 2 heterocycles. The minimum atomic E-state index is -0.813. The zero-order valence-electron chi connectivity index (χ0n) is 19.3. The van der Waals surface area contributed by atoms with Gasteiger partial charge in [-0.25, -0.2) is 4.79 Å². The fraction of sp³-hybridized carbons (Fsp3) is 0.333. The zero-order chi connectivity index (χ0) is 25.2. The van der Waals surface area contributed by atoms with E-state index in [1.165, 1.54) is 16.8 Å². The predicted octanol–water partition coefficient (Wildman–Crippen LogP) is 0.421. The normalized spacial score (nSPS) is 14.6. The van der Waals surface area contributed by atoms with Gasteiger partial charge in [-0.1, -0.05) is 18.7 Å². The summed E-state index contributed by atoms with van der Waals surface area (Å²) in [5.74, 6) is -0.430. The third-order valence-electron chi connectivity index (χ3n) is 5.02. The first kappa shape index (κ1) is 25.7. The van der Waals surface area contributed by atoms with Crippen molar-refractivity contribution in [2.75, 3.05) is 44.8 Å². The second kappa shape index (κ2) is 12.5. The monoisotopic (exact) mass is 498 g/mol. The summed E-state index contributed by atoms with van der Waals surface area (Å²) in [7, 11) is 0. The minimum Gasteiger partial charge on any atom is -0.484 e. The topological polar surface area (TPSA) is 123 Å². The van der Waals surface area contributed by atoms with Crippen LogP contribution in [0.5, 0.6) is 5.75 Å². The lowest BCUT2D eigenvalue weighted by Crippen LogP contribution is -2.42. The maximum atomic E-state index is 12.8. The second-order valence-electron chi connectivity index (χ2n) is 7.29. The summed E-state index contributed by atoms with van der Waals surface area (Å²) in [6, 6.07) is 8.81. The van der Waals surface area contributed by atoms with Gasteiger partial charge in [-0.15, -0.1) is 11.3 Å². The van der Waals surface area contributed by atoms with Gasteiger partial charge in [0.15, 0.2) is 12.2 Å². The van der Waals surface area contributed by atoms with Crippen molar-refractivity contribution in [2.45, 2.75) is 13.5 Å². The molecule has 0 saturated carbocycles. The molecule has 1 N–H and O–H groups in total. The number of carbonyl (C=O) groups is 2. The number of aromatic nitrogens is 1. The fourth-order valence-corrected chi connectivity index (χ4v) is 4.33. The van der Waals surface area contributed by atoms with Gasteiger partial charge in [-0.05, 0) is 19.1 Å². The quantitative estimate of drug-likeness (QED) is 0.390. The van der Waals surface area contributed by atoms with Crippen LogP contribution in [-0.2, 0) is 25.6 Å². The Labute approximate surface area is 205 Å². The molecule has 0 spiro atoms. The molecule has 184 valence electrons. The van der Waals surface area contributed by atoms with Crippen LogP contribution in [0, 0.1) is 11.3 Å². The Morgan fingerprint density at radius 3 is 2.80 bits per heavy atom. The average Bonchev–Trinajstić information content (AvgIpc) is 3.20. The van der Waals surface area contributed by atoms with Gasteiger partial charge in [-0.2, -0.15) is 5.26 Å². The summed E-state index contributed by atoms with van der Waals surface area (Å²) >= 11 is 1.01. The van der Waals surface area contributed by atoms with Crippen molar-refractivity contribution in [3.63, 3.8) is 0 Å². The van der Waals surface area contributed by atoms with Gasteiger partial charge in [0.25, 0.3) is 11.5 Å². The Hall–Kier alpha value is -3.88. The summed E-state index contributed by atoms with van der Waals surface area (Å²) in [5, 5.41) is 12.5. The van der Waals surface area contributed by atoms with Crippen LogP contribution in [0.25, 0.3) is 11.8 Å². The molecule has 11 heteroatoms. The van der Waals surface area contributed by atoms with Crippen LogP contribution in [-0.4, -0.2) is 60.9 Å². The van der Waals surface area contributed by atoms with Crippen molar-refractivity contribution in [1.29, 1.82) is 5.26 Å². The van der Waals surface area contributed by atoms with Crippen molar-refractivity contribution in [1.82, 2.24) is 9.47 Å². The Morgan fingerprint density at radius 2 is 2.11 bits per heavy atom. The third-order valence-corrected chi connectivity index (χ3v) is 6.15. The number of ether oxygens (including phenoxy) is 3. The van der Waals surface area contributed by atoms with E-state index < -0.39 is 5.97 Å². The molecule has 0 radical (unpaired) electrons. The van der Waals surface area contributed by atoms with Crippen molar-refractivity contribution < 1.29 is 23.8 Å². The highest BCUT2D eigenvalue weighted by Crippen LogP contribution is 2.17. The van der Waals surface area contributed by atoms with Crippen molar-refractivity contribution in [2.24, 2.45) is 0 Å². The standard InChI is InChI=1S/C24H26N4O6S/c1-3-10-33-24(31)19(14-25)23-28(4-2)22(30)20(35-23)15-26-17-6-5-7-18(13-17)34-16-21(29)27-8-11-32-12-9-27/h3,5-7,13,15,26H,1,4,8-12,16H2,2H3/b20-15+,23-19-. The number of amides is 1. The molecule has 35 heavy (non-hydrogen) atoms. The Morgan fingerprint density at radius 1 is 1.34 bits per heavy atom. The number of nitrogens with one attached hydrogen (secondary N) is 1. The van der Waals surface area contributed by atoms with Gasteiger partial charge < -0.3 is 24.4 Å². The van der Waals surface area contributed by atoms with Gasteiger partial charge in [-0.3, -0.25) is 14.2 Å². The molecule has 3 rings (SSSR count). The number of nitriles is 1. The zero-order valence-corrected chi connectivity index (χ0v) is 20.1. The predicted molar refractivity (Wildman–Crippen MR) is 131 cm³/mol. The van der Waals surface area contributed by atoms with E-state index in [9.17, 15) is 19.6 Å². The van der Waals surface area contributed by atoms with Crippen LogP contribution in [0.2, 0.25) is 0 Å². The van der Waals surface area contributed by atoms with Gasteiger partial charge in [0.1, 0.15) is 27.6 Å². The molecule has 1 fully saturated rings. The number of benzene rings is 1. The van der Waals surface area contributed by atoms with Gasteiger partial charge >= 0.3 is 5.97 Å². The van der Waals surface area contributed by atoms with Crippen LogP contribution < -0.4 is 24.8 Å². The first-order valence-electron chi connectivity index (χ1n) is 11.0. The van der Waals surface area contributed by atoms with E-state index >= 15 is 0 Å². The maximum absolute atomic E-state index is 12.8. The number of esters is 1. The Balaban J connectivity index is 1.79. The molecule has 1 aliphatic heterocycles. The number of anilines is 1. The van der Waals surface area contributed by atoms with E-state index in [4.69, 9.17) is 14.2 Å². The third kappa shape index (κ3) is 6.59. The summed E-state index contributed by atoms with van der Waals surface area (Å²) in [6.07, 6.45) is 2.90. The fourth-order valence-electron chi connectivity index (χ4n) is 3.25. The van der Waals surface area contributed by atoms with E-state index in [1.807, 2.05) is 6.07 Å². The molecule has 0 bridgehead atoms. The smallest absolute Gasteiger partial charge is 0.352 e. The first-order valence-corrected chi connectivity index (χ1v) is 11.8. The van der Waals surface area contributed by atoms with E-state index in [-0.39, 0.29) is 41.5 Å². The van der Waals surface area contributed by atoms with Crippen LogP contribution >= 0.6 is 11.3 Å². The molecule has 0 aliphatic carbocycles. The molecule has 2 aromatic rings. The van der Waals surface area contributed by atoms with Crippen LogP contribution in [0.15, 0.2) is 41.7 Å². The molecule has 1 aromatic carbocycles. The number of rotatable bonds is 9. The summed E-state index contributed by atoms with van der Waals surface area (Å²) < 4.78 is 17.7. The average molecular weight is 499 g/mol. The van der Waals surface area contributed by atoms with Crippen molar-refractivity contribution >= 4 is 40.7 Å². The lowest BCUT2D eigenvalue weighted by atomic mass is 10.3. The number of thiazole rings is 1. The van der Waals surface area contributed by atoms with Crippen molar-refractivity contribution in [3.05, 3.63) is 56.5 Å². The number of nitrogens with zero attached hydrogens (tertiary/aromatic N) is 3. The van der Waals surface area contributed by atoms with E-state index in [1.54, 1.807) is 36.1 Å². The lowest BCUT2D eigenvalue weighted by molar-refractivity contribution is -0.137. The molecular formula is C24H26N4O6S. The highest BCUT2D eigenvalue weighted by atomic mass is 32.1. The molecule has 0 unspecified atom stereocenters. The molecule has 10 nitrogen and oxygen atoms in total. The Kier molecular flexibility index (Phi) is 9.23. The minimum absolute atomic E-state index is 0.0389. The molecule has 0 atom stereocenters. The Bertz CT molecular complexity index is 1300. The van der Waals surface area contributed by atoms with Crippen LogP contribution in [0.1, 0.15) is 6.92 Å². The van der Waals surface area contributed by atoms with Crippen LogP contribution in [0.3, 0.4) is 0 Å². The van der Waals surface area contributed by atoms with E-state index in [2.05, 4.69) is 11.9 Å². The molecular weight excluding hydrogens is 472 g/mol. The lowest BCUT2D eigenvalue weighted by Gasteiger charge is -2.26.